The van der Waals surface area contributed by atoms with Crippen LogP contribution in [-0.4, -0.2) is 68.9 Å². The van der Waals surface area contributed by atoms with Crippen molar-refractivity contribution in [3.63, 3.8) is 0 Å². The van der Waals surface area contributed by atoms with Gasteiger partial charge in [0.15, 0.2) is 17.5 Å². The highest BCUT2D eigenvalue weighted by atomic mass is 35.5. The number of esters is 2. The maximum absolute atomic E-state index is 13.7. The summed E-state index contributed by atoms with van der Waals surface area (Å²) in [5, 5.41) is 4.03. The molecule has 4 heterocycles. The lowest BCUT2D eigenvalue weighted by molar-refractivity contribution is -0.159. The van der Waals surface area contributed by atoms with E-state index >= 15 is 0 Å². The molecule has 50 heavy (non-hydrogen) atoms. The average molecular weight is 721 g/mol. The van der Waals surface area contributed by atoms with Gasteiger partial charge in [0.1, 0.15) is 18.0 Å². The number of hydrogen-bond donors (Lipinski definition) is 1. The van der Waals surface area contributed by atoms with Crippen LogP contribution in [0.4, 0.5) is 5.69 Å². The lowest BCUT2D eigenvalue weighted by Crippen LogP contribution is -2.52. The van der Waals surface area contributed by atoms with Crippen LogP contribution in [0.15, 0.2) is 79.1 Å². The van der Waals surface area contributed by atoms with Crippen molar-refractivity contribution in [2.45, 2.75) is 37.5 Å². The molecule has 7 rings (SSSR count). The minimum atomic E-state index is -0.780. The number of methoxy groups -OCH3 is 3. The summed E-state index contributed by atoms with van der Waals surface area (Å²) in [5.41, 5.74) is 2.91. The third-order valence-electron chi connectivity index (χ3n) is 9.35. The Kier molecular flexibility index (Phi) is 11.3. The summed E-state index contributed by atoms with van der Waals surface area (Å²) in [4.78, 5) is 33.7. The summed E-state index contributed by atoms with van der Waals surface area (Å²) in [6.45, 7) is 2.86. The molecule has 0 saturated carbocycles. The van der Waals surface area contributed by atoms with Crippen LogP contribution in [0.3, 0.4) is 0 Å². The molecule has 0 aliphatic carbocycles. The molecule has 3 saturated heterocycles. The van der Waals surface area contributed by atoms with Gasteiger partial charge < -0.3 is 29.0 Å². The van der Waals surface area contributed by atoms with Crippen LogP contribution < -0.4 is 19.5 Å². The smallest absolute Gasteiger partial charge is 0.338 e. The monoisotopic (exact) mass is 719 g/mol. The van der Waals surface area contributed by atoms with E-state index in [9.17, 15) is 9.59 Å². The van der Waals surface area contributed by atoms with Crippen LogP contribution in [0, 0.1) is 5.92 Å². The molecular formula is C38H39Cl2N3O7. The van der Waals surface area contributed by atoms with Crippen molar-refractivity contribution >= 4 is 40.8 Å². The number of fused-ring (bicyclic) bond motifs is 3. The predicted octanol–water partition coefficient (Wildman–Crippen LogP) is 7.35. The van der Waals surface area contributed by atoms with E-state index in [0.29, 0.717) is 55.6 Å². The van der Waals surface area contributed by atoms with Crippen molar-refractivity contribution in [1.82, 2.24) is 9.88 Å². The number of benzene rings is 3. The van der Waals surface area contributed by atoms with E-state index < -0.39 is 18.1 Å². The molecule has 3 aliphatic rings. The van der Waals surface area contributed by atoms with Gasteiger partial charge >= 0.3 is 11.9 Å². The summed E-state index contributed by atoms with van der Waals surface area (Å²) < 4.78 is 28.4. The van der Waals surface area contributed by atoms with Gasteiger partial charge in [0.2, 0.25) is 0 Å². The Balaban J connectivity index is 1.21. The molecule has 3 aliphatic heterocycles. The SMILES string of the molecule is COc1ccc(C(Nc2ccc(C(=O)OC(Cc3c(Cl)cncc3Cl)c3ccc(OC)c(OC)c3)cc2)C(=O)O[C@H]2CN3CCC2CC3)cc1. The second kappa shape index (κ2) is 16.0. The molecule has 2 unspecified atom stereocenters. The molecule has 10 nitrogen and oxygen atoms in total. The first kappa shape index (κ1) is 35.3. The van der Waals surface area contributed by atoms with E-state index in [2.05, 4.69) is 15.2 Å². The second-order valence-electron chi connectivity index (χ2n) is 12.3. The van der Waals surface area contributed by atoms with E-state index in [-0.39, 0.29) is 18.5 Å². The summed E-state index contributed by atoms with van der Waals surface area (Å²) in [7, 11) is 4.68. The summed E-state index contributed by atoms with van der Waals surface area (Å²) >= 11 is 12.9. The van der Waals surface area contributed by atoms with E-state index in [1.165, 1.54) is 19.5 Å². The molecular weight excluding hydrogens is 681 g/mol. The molecule has 3 aromatic carbocycles. The molecule has 0 amide bonds. The quantitative estimate of drug-likeness (QED) is 0.141. The van der Waals surface area contributed by atoms with Crippen LogP contribution in [-0.2, 0) is 20.7 Å². The number of anilines is 1. The Morgan fingerprint density at radius 2 is 1.52 bits per heavy atom. The molecule has 3 atom stereocenters. The summed E-state index contributed by atoms with van der Waals surface area (Å²) in [6.07, 6.45) is 4.32. The van der Waals surface area contributed by atoms with E-state index in [1.807, 2.05) is 24.3 Å². The maximum Gasteiger partial charge on any atom is 0.338 e. The third-order valence-corrected chi connectivity index (χ3v) is 10.0. The van der Waals surface area contributed by atoms with Crippen molar-refractivity contribution in [2.75, 3.05) is 46.3 Å². The number of nitrogens with one attached hydrogen (secondary N) is 1. The zero-order valence-electron chi connectivity index (χ0n) is 28.1. The molecule has 1 aromatic heterocycles. The number of piperidine rings is 3. The number of hydrogen-bond acceptors (Lipinski definition) is 10. The summed E-state index contributed by atoms with van der Waals surface area (Å²) in [6, 6.07) is 18.6. The van der Waals surface area contributed by atoms with E-state index in [0.717, 1.165) is 38.0 Å². The number of carbonyl (C=O) groups excluding carboxylic acids is 2. The van der Waals surface area contributed by atoms with Crippen LogP contribution in [0.2, 0.25) is 10.0 Å². The van der Waals surface area contributed by atoms with Crippen molar-refractivity contribution < 1.29 is 33.3 Å². The minimum absolute atomic E-state index is 0.139. The first-order valence-corrected chi connectivity index (χ1v) is 17.2. The fourth-order valence-corrected chi connectivity index (χ4v) is 7.02. The highest BCUT2D eigenvalue weighted by molar-refractivity contribution is 6.35. The van der Waals surface area contributed by atoms with Gasteiger partial charge in [0.05, 0.1) is 36.9 Å². The Hall–Kier alpha value is -4.51. The fraction of sp³-hybridized carbons (Fsp3) is 0.342. The lowest BCUT2D eigenvalue weighted by atomic mass is 9.86. The Labute approximate surface area is 301 Å². The number of ether oxygens (including phenoxy) is 5. The van der Waals surface area contributed by atoms with Gasteiger partial charge in [-0.3, -0.25) is 9.88 Å². The van der Waals surface area contributed by atoms with Gasteiger partial charge in [0.25, 0.3) is 0 Å². The van der Waals surface area contributed by atoms with Crippen LogP contribution in [0.5, 0.6) is 17.2 Å². The molecule has 3 fully saturated rings. The zero-order valence-corrected chi connectivity index (χ0v) is 29.6. The molecule has 2 bridgehead atoms. The summed E-state index contributed by atoms with van der Waals surface area (Å²) in [5.74, 6) is 1.15. The maximum atomic E-state index is 13.7. The Morgan fingerprint density at radius 1 is 0.860 bits per heavy atom. The topological polar surface area (TPSA) is 108 Å². The van der Waals surface area contributed by atoms with Crippen molar-refractivity contribution in [2.24, 2.45) is 5.92 Å². The van der Waals surface area contributed by atoms with Gasteiger partial charge in [-0.25, -0.2) is 9.59 Å². The van der Waals surface area contributed by atoms with Crippen molar-refractivity contribution in [1.29, 1.82) is 0 Å². The molecule has 1 N–H and O–H groups in total. The van der Waals surface area contributed by atoms with E-state index in [1.54, 1.807) is 56.7 Å². The first-order valence-electron chi connectivity index (χ1n) is 16.4. The highest BCUT2D eigenvalue weighted by Crippen LogP contribution is 2.36. The third kappa shape index (κ3) is 8.09. The molecule has 0 spiro atoms. The highest BCUT2D eigenvalue weighted by Gasteiger charge is 2.38. The van der Waals surface area contributed by atoms with Crippen LogP contribution in [0.25, 0.3) is 0 Å². The predicted molar refractivity (Wildman–Crippen MR) is 191 cm³/mol. The zero-order chi connectivity index (χ0) is 35.2. The molecule has 262 valence electrons. The number of aromatic nitrogens is 1. The number of carbonyl (C=O) groups is 2. The Morgan fingerprint density at radius 3 is 2.12 bits per heavy atom. The number of halogens is 2. The number of pyridine rings is 1. The average Bonchev–Trinajstić information content (AvgIpc) is 3.15. The lowest BCUT2D eigenvalue weighted by Gasteiger charge is -2.44. The molecule has 12 heteroatoms. The number of rotatable bonds is 13. The fourth-order valence-electron chi connectivity index (χ4n) is 6.50. The van der Waals surface area contributed by atoms with Gasteiger partial charge in [0, 0.05) is 31.0 Å². The van der Waals surface area contributed by atoms with Crippen molar-refractivity contribution in [3.05, 3.63) is 111 Å². The van der Waals surface area contributed by atoms with Gasteiger partial charge in [-0.15, -0.1) is 0 Å². The second-order valence-corrected chi connectivity index (χ2v) is 13.1. The van der Waals surface area contributed by atoms with Gasteiger partial charge in [-0.05, 0) is 97.1 Å². The van der Waals surface area contributed by atoms with E-state index in [4.69, 9.17) is 46.9 Å². The normalized spacial score (nSPS) is 19.2. The largest absolute Gasteiger partial charge is 0.497 e. The van der Waals surface area contributed by atoms with Crippen LogP contribution in [0.1, 0.15) is 52.0 Å². The van der Waals surface area contributed by atoms with Crippen molar-refractivity contribution in [3.8, 4) is 17.2 Å². The van der Waals surface area contributed by atoms with Crippen LogP contribution >= 0.6 is 23.2 Å². The number of nitrogens with zero attached hydrogens (tertiary/aromatic N) is 2. The minimum Gasteiger partial charge on any atom is -0.497 e. The molecule has 4 aromatic rings. The Bertz CT molecular complexity index is 1780. The van der Waals surface area contributed by atoms with Gasteiger partial charge in [-0.2, -0.15) is 0 Å². The molecule has 0 radical (unpaired) electrons. The first-order chi connectivity index (χ1) is 24.3. The standard InChI is InChI=1S/C38H39Cl2N3O7/c1-46-28-11-6-24(7-12-28)36(38(45)50-35-22-43-16-14-23(35)15-17-43)42-27-9-4-25(5-10-27)37(44)49-33(19-29-30(39)20-41-21-31(29)40)26-8-13-32(47-2)34(18-26)48-3/h4-13,18,20-21,23,33,35-36,42H,14-17,19,22H2,1-3H3/t33?,35-,36?/m0/s1. The van der Waals surface area contributed by atoms with Gasteiger partial charge in [-0.1, -0.05) is 41.4 Å².